The number of carbonyl (C=O) groups is 1. The van der Waals surface area contributed by atoms with Crippen LogP contribution in [0.3, 0.4) is 0 Å². The van der Waals surface area contributed by atoms with Gasteiger partial charge in [0.15, 0.2) is 0 Å². The van der Waals surface area contributed by atoms with Gasteiger partial charge in [0.05, 0.1) is 19.2 Å². The van der Waals surface area contributed by atoms with E-state index in [0.717, 1.165) is 36.3 Å². The molecule has 140 valence electrons. The summed E-state index contributed by atoms with van der Waals surface area (Å²) >= 11 is 0. The Hall–Kier alpha value is -2.83. The van der Waals surface area contributed by atoms with Crippen molar-refractivity contribution >= 4 is 17.7 Å². The highest BCUT2D eigenvalue weighted by Gasteiger charge is 2.17. The van der Waals surface area contributed by atoms with Crippen LogP contribution in [-0.4, -0.2) is 34.7 Å². The van der Waals surface area contributed by atoms with E-state index in [9.17, 15) is 4.79 Å². The van der Waals surface area contributed by atoms with Crippen LogP contribution in [0.25, 0.3) is 0 Å². The van der Waals surface area contributed by atoms with Gasteiger partial charge in [-0.05, 0) is 18.1 Å². The number of carboxylic acid groups (broad SMARTS) is 1. The molecule has 2 aromatic rings. The second-order valence-corrected chi connectivity index (χ2v) is 6.02. The number of nitrogens with two attached hydrogens (primary N) is 1. The highest BCUT2D eigenvalue weighted by atomic mass is 16.5. The number of hydrogen-bond donors (Lipinski definition) is 3. The highest BCUT2D eigenvalue weighted by molar-refractivity contribution is 5.67. The number of aromatic nitrogens is 2. The summed E-state index contributed by atoms with van der Waals surface area (Å²) < 4.78 is 5.44. The van der Waals surface area contributed by atoms with E-state index in [-0.39, 0.29) is 12.4 Å². The number of anilines is 2. The van der Waals surface area contributed by atoms with Crippen molar-refractivity contribution in [3.63, 3.8) is 0 Å². The van der Waals surface area contributed by atoms with Crippen LogP contribution in [0, 0.1) is 0 Å². The van der Waals surface area contributed by atoms with Gasteiger partial charge in [-0.3, -0.25) is 4.79 Å². The first-order valence-electron chi connectivity index (χ1n) is 8.78. The van der Waals surface area contributed by atoms with Gasteiger partial charge in [0, 0.05) is 24.9 Å². The van der Waals surface area contributed by atoms with E-state index in [2.05, 4.69) is 22.2 Å². The largest absolute Gasteiger partial charge is 0.496 e. The van der Waals surface area contributed by atoms with Gasteiger partial charge >= 0.3 is 5.97 Å². The second kappa shape index (κ2) is 9.60. The predicted molar refractivity (Wildman–Crippen MR) is 102 cm³/mol. The molecule has 0 saturated heterocycles. The highest BCUT2D eigenvalue weighted by Crippen LogP contribution is 2.27. The molecule has 0 saturated carbocycles. The predicted octanol–water partition coefficient (Wildman–Crippen LogP) is 2.89. The number of nitrogen functional groups attached to an aromatic ring is 1. The zero-order valence-corrected chi connectivity index (χ0v) is 15.3. The molecule has 0 radical (unpaired) electrons. The summed E-state index contributed by atoms with van der Waals surface area (Å²) in [6.07, 6.45) is 2.89. The molecule has 0 aliphatic carbocycles. The summed E-state index contributed by atoms with van der Waals surface area (Å²) in [5.41, 5.74) is 8.36. The maximum atomic E-state index is 11.0. The van der Waals surface area contributed by atoms with Crippen LogP contribution in [0.15, 0.2) is 24.3 Å². The van der Waals surface area contributed by atoms with Crippen molar-refractivity contribution in [2.45, 2.75) is 39.0 Å². The van der Waals surface area contributed by atoms with Crippen molar-refractivity contribution in [2.24, 2.45) is 0 Å². The van der Waals surface area contributed by atoms with E-state index in [0.29, 0.717) is 24.4 Å². The molecule has 26 heavy (non-hydrogen) atoms. The van der Waals surface area contributed by atoms with E-state index < -0.39 is 5.97 Å². The third kappa shape index (κ3) is 5.34. The average Bonchev–Trinajstić information content (AvgIpc) is 2.62. The number of hydrogen-bond acceptors (Lipinski definition) is 6. The third-order valence-electron chi connectivity index (χ3n) is 4.07. The van der Waals surface area contributed by atoms with Crippen molar-refractivity contribution in [3.05, 3.63) is 41.1 Å². The number of carboxylic acids is 1. The molecular formula is C19H26N4O3. The van der Waals surface area contributed by atoms with Gasteiger partial charge in [-0.25, -0.2) is 4.98 Å². The third-order valence-corrected chi connectivity index (χ3v) is 4.07. The molecule has 0 aliphatic heterocycles. The minimum absolute atomic E-state index is 0.0101. The zero-order valence-electron chi connectivity index (χ0n) is 15.3. The number of nitrogens with one attached hydrogen (secondary N) is 1. The van der Waals surface area contributed by atoms with Crippen LogP contribution in [0.5, 0.6) is 5.75 Å². The summed E-state index contributed by atoms with van der Waals surface area (Å²) in [6.45, 7) is 2.88. The Balaban J connectivity index is 2.41. The molecule has 0 spiro atoms. The standard InChI is InChI=1S/C19H26N4O3/c1-3-4-11-21-18-14(12-13-7-5-6-8-16(13)26-2)15(9-10-17(24)25)22-19(20)23-18/h5-8H,3-4,9-12H2,1-2H3,(H,24,25)(H3,20,21,22,23). The SMILES string of the molecule is CCCCNc1nc(N)nc(CCC(=O)O)c1Cc1ccccc1OC. The van der Waals surface area contributed by atoms with Crippen molar-refractivity contribution in [3.8, 4) is 5.75 Å². The topological polar surface area (TPSA) is 110 Å². The second-order valence-electron chi connectivity index (χ2n) is 6.02. The zero-order chi connectivity index (χ0) is 18.9. The molecule has 0 fully saturated rings. The fraction of sp³-hybridized carbons (Fsp3) is 0.421. The number of benzene rings is 1. The van der Waals surface area contributed by atoms with Gasteiger partial charge in [-0.2, -0.15) is 4.98 Å². The van der Waals surface area contributed by atoms with E-state index >= 15 is 0 Å². The summed E-state index contributed by atoms with van der Waals surface area (Å²) in [5, 5.41) is 12.4. The minimum atomic E-state index is -0.870. The molecule has 7 heteroatoms. The van der Waals surface area contributed by atoms with Crippen LogP contribution in [0.1, 0.15) is 43.0 Å². The Labute approximate surface area is 153 Å². The van der Waals surface area contributed by atoms with Crippen LogP contribution in [-0.2, 0) is 17.6 Å². The Kier molecular flexibility index (Phi) is 7.20. The lowest BCUT2D eigenvalue weighted by molar-refractivity contribution is -0.136. The summed E-state index contributed by atoms with van der Waals surface area (Å²) in [6, 6.07) is 7.73. The lowest BCUT2D eigenvalue weighted by atomic mass is 10.0. The number of nitrogens with zero attached hydrogens (tertiary/aromatic N) is 2. The van der Waals surface area contributed by atoms with Gasteiger partial charge in [0.1, 0.15) is 11.6 Å². The summed E-state index contributed by atoms with van der Waals surface area (Å²) in [7, 11) is 1.63. The van der Waals surface area contributed by atoms with Crippen LogP contribution in [0.4, 0.5) is 11.8 Å². The van der Waals surface area contributed by atoms with Crippen molar-refractivity contribution in [1.82, 2.24) is 9.97 Å². The average molecular weight is 358 g/mol. The molecule has 1 heterocycles. The molecule has 4 N–H and O–H groups in total. The molecule has 0 unspecified atom stereocenters. The lowest BCUT2D eigenvalue weighted by Crippen LogP contribution is -2.14. The Morgan fingerprint density at radius 1 is 1.31 bits per heavy atom. The molecule has 2 rings (SSSR count). The van der Waals surface area contributed by atoms with Gasteiger partial charge in [-0.1, -0.05) is 31.5 Å². The van der Waals surface area contributed by atoms with Crippen LogP contribution in [0.2, 0.25) is 0 Å². The van der Waals surface area contributed by atoms with E-state index in [1.54, 1.807) is 7.11 Å². The van der Waals surface area contributed by atoms with Crippen molar-refractivity contribution in [1.29, 1.82) is 0 Å². The summed E-state index contributed by atoms with van der Waals surface area (Å²) in [4.78, 5) is 19.7. The summed E-state index contributed by atoms with van der Waals surface area (Å²) in [5.74, 6) is 0.712. The maximum absolute atomic E-state index is 11.0. The van der Waals surface area contributed by atoms with Gasteiger partial charge < -0.3 is 20.9 Å². The van der Waals surface area contributed by atoms with Crippen LogP contribution < -0.4 is 15.8 Å². The number of ether oxygens (including phenoxy) is 1. The molecular weight excluding hydrogens is 332 g/mol. The first-order valence-corrected chi connectivity index (χ1v) is 8.78. The van der Waals surface area contributed by atoms with Crippen LogP contribution >= 0.6 is 0 Å². The number of methoxy groups -OCH3 is 1. The number of rotatable bonds is 10. The Morgan fingerprint density at radius 3 is 2.77 bits per heavy atom. The first kappa shape index (κ1) is 19.5. The fourth-order valence-electron chi connectivity index (χ4n) is 2.74. The molecule has 7 nitrogen and oxygen atoms in total. The minimum Gasteiger partial charge on any atom is -0.496 e. The van der Waals surface area contributed by atoms with E-state index in [4.69, 9.17) is 15.6 Å². The van der Waals surface area contributed by atoms with Crippen molar-refractivity contribution in [2.75, 3.05) is 24.7 Å². The van der Waals surface area contributed by atoms with E-state index in [1.165, 1.54) is 0 Å². The van der Waals surface area contributed by atoms with Gasteiger partial charge in [0.25, 0.3) is 0 Å². The normalized spacial score (nSPS) is 10.5. The fourth-order valence-corrected chi connectivity index (χ4v) is 2.74. The van der Waals surface area contributed by atoms with Gasteiger partial charge in [-0.15, -0.1) is 0 Å². The molecule has 0 atom stereocenters. The van der Waals surface area contributed by atoms with Crippen molar-refractivity contribution < 1.29 is 14.6 Å². The number of para-hydroxylation sites is 1. The Morgan fingerprint density at radius 2 is 2.08 bits per heavy atom. The quantitative estimate of drug-likeness (QED) is 0.560. The molecule has 0 aliphatic rings. The van der Waals surface area contributed by atoms with Gasteiger partial charge in [0.2, 0.25) is 5.95 Å². The monoisotopic (exact) mass is 358 g/mol. The molecule has 1 aromatic carbocycles. The Bertz CT molecular complexity index is 750. The number of aliphatic carboxylic acids is 1. The number of unbranched alkanes of at least 4 members (excludes halogenated alkanes) is 1. The molecule has 0 bridgehead atoms. The first-order chi connectivity index (χ1) is 12.5. The smallest absolute Gasteiger partial charge is 0.303 e. The molecule has 1 aromatic heterocycles. The number of aryl methyl sites for hydroxylation is 1. The lowest BCUT2D eigenvalue weighted by Gasteiger charge is -2.16. The maximum Gasteiger partial charge on any atom is 0.303 e. The molecule has 0 amide bonds. The van der Waals surface area contributed by atoms with E-state index in [1.807, 2.05) is 24.3 Å².